The number of nitrogens with two attached hydrogens (primary N) is 1. The number of aromatic nitrogens is 3. The van der Waals surface area contributed by atoms with Gasteiger partial charge in [-0.1, -0.05) is 43.3 Å². The van der Waals surface area contributed by atoms with Gasteiger partial charge in [0.2, 0.25) is 0 Å². The predicted octanol–water partition coefficient (Wildman–Crippen LogP) is 4.83. The van der Waals surface area contributed by atoms with E-state index in [-0.39, 0.29) is 9.69 Å². The van der Waals surface area contributed by atoms with Gasteiger partial charge in [-0.05, 0) is 46.9 Å². The Morgan fingerprint density at radius 3 is 2.82 bits per heavy atom. The van der Waals surface area contributed by atoms with Gasteiger partial charge in [0.1, 0.15) is 5.75 Å². The van der Waals surface area contributed by atoms with E-state index in [2.05, 4.69) is 58.5 Å². The molecule has 2 heterocycles. The first-order valence-electron chi connectivity index (χ1n) is 9.35. The van der Waals surface area contributed by atoms with Crippen LogP contribution < -0.4 is 10.5 Å². The van der Waals surface area contributed by atoms with Crippen molar-refractivity contribution in [1.29, 1.82) is 0 Å². The highest BCUT2D eigenvalue weighted by Gasteiger charge is 2.26. The lowest BCUT2D eigenvalue weighted by molar-refractivity contribution is 0.413. The molecule has 0 saturated carbocycles. The van der Waals surface area contributed by atoms with Gasteiger partial charge in [-0.3, -0.25) is 5.10 Å². The molecule has 0 fully saturated rings. The van der Waals surface area contributed by atoms with Gasteiger partial charge in [0.05, 0.1) is 13.3 Å². The Hall–Kier alpha value is -3.18. The maximum absolute atomic E-state index is 6.26. The molecule has 0 saturated heterocycles. The van der Waals surface area contributed by atoms with Gasteiger partial charge < -0.3 is 10.5 Å². The first-order valence-corrected chi connectivity index (χ1v) is 9.35. The summed E-state index contributed by atoms with van der Waals surface area (Å²) in [7, 11) is 1.69. The second kappa shape index (κ2) is 7.44. The van der Waals surface area contributed by atoms with E-state index in [1.807, 2.05) is 24.4 Å². The predicted molar refractivity (Wildman–Crippen MR) is 119 cm³/mol. The number of H-pyrrole nitrogens is 1. The summed E-state index contributed by atoms with van der Waals surface area (Å²) in [4.78, 5) is 4.34. The molecule has 148 valence electrons. The molecule has 0 spiro atoms. The van der Waals surface area contributed by atoms with Crippen molar-refractivity contribution in [2.45, 2.75) is 18.8 Å². The molecule has 0 aliphatic heterocycles. The molecule has 2 aromatic heterocycles. The maximum atomic E-state index is 6.26. The summed E-state index contributed by atoms with van der Waals surface area (Å²) >= 11 is 0. The molecule has 1 unspecified atom stereocenters. The van der Waals surface area contributed by atoms with Crippen molar-refractivity contribution in [3.63, 3.8) is 0 Å². The molecule has 0 aliphatic rings. The smallest absolute Gasteiger partial charge is 0.155 e. The van der Waals surface area contributed by atoms with E-state index in [0.717, 1.165) is 34.3 Å². The van der Waals surface area contributed by atoms with Gasteiger partial charge in [0, 0.05) is 27.8 Å². The van der Waals surface area contributed by atoms with Crippen LogP contribution in [0.5, 0.6) is 5.75 Å². The Balaban J connectivity index is 0.00000160. The highest BCUT2D eigenvalue weighted by atomic mass is 16.5. The normalized spacial score (nSPS) is 13.4. The summed E-state index contributed by atoms with van der Waals surface area (Å²) < 4.78 is 5.37. The molecule has 5 nitrogen and oxygen atoms in total. The number of nitrogens with zero attached hydrogens (tertiary/aromatic N) is 2. The van der Waals surface area contributed by atoms with Crippen LogP contribution >= 0.6 is 0 Å². The third-order valence-electron chi connectivity index (χ3n) is 5.40. The fourth-order valence-electron chi connectivity index (χ4n) is 3.69. The van der Waals surface area contributed by atoms with Crippen LogP contribution in [0.4, 0.5) is 0 Å². The fraction of sp³-hybridized carbons (Fsp3) is 0.217. The summed E-state index contributed by atoms with van der Waals surface area (Å²) in [5.74, 6) is 0.866. The van der Waals surface area contributed by atoms with Crippen molar-refractivity contribution in [2.75, 3.05) is 13.7 Å². The van der Waals surface area contributed by atoms with Gasteiger partial charge in [-0.25, -0.2) is 4.98 Å². The lowest BCUT2D eigenvalue weighted by Gasteiger charge is -2.29. The number of ether oxygens (including phenoxy) is 1. The number of hydrogen-bond acceptors (Lipinski definition) is 4. The molecule has 5 heteroatoms. The number of aromatic amines is 1. The molecule has 2 aromatic carbocycles. The second-order valence-corrected chi connectivity index (χ2v) is 7.36. The minimum absolute atomic E-state index is 0. The number of nitrogens with one attached hydrogen (secondary N) is 1. The SMILES string of the molecule is COc1cccc(CC(C)(CN)c2cccc(-c3ccnc4[nH]ncc34)c2)c1.[HH].[HH].[HH]. The average Bonchev–Trinajstić information content (AvgIpc) is 3.23. The second-order valence-electron chi connectivity index (χ2n) is 7.36. The Kier molecular flexibility index (Phi) is 4.84. The van der Waals surface area contributed by atoms with Crippen molar-refractivity contribution in [3.8, 4) is 16.9 Å². The van der Waals surface area contributed by atoms with Gasteiger partial charge in [0.25, 0.3) is 0 Å². The van der Waals surface area contributed by atoms with E-state index in [1.54, 1.807) is 13.3 Å². The van der Waals surface area contributed by atoms with Crippen LogP contribution in [-0.4, -0.2) is 28.8 Å². The highest BCUT2D eigenvalue weighted by molar-refractivity contribution is 5.92. The first kappa shape index (κ1) is 18.2. The summed E-state index contributed by atoms with van der Waals surface area (Å²) in [6.45, 7) is 2.76. The number of fused-ring (bicyclic) bond motifs is 1. The topological polar surface area (TPSA) is 76.8 Å². The lowest BCUT2D eigenvalue weighted by atomic mass is 9.76. The third kappa shape index (κ3) is 3.37. The first-order chi connectivity index (χ1) is 13.6. The number of hydrogen-bond donors (Lipinski definition) is 2. The quantitative estimate of drug-likeness (QED) is 0.504. The number of methoxy groups -OCH3 is 1. The van der Waals surface area contributed by atoms with Crippen LogP contribution in [-0.2, 0) is 11.8 Å². The van der Waals surface area contributed by atoms with E-state index >= 15 is 0 Å². The standard InChI is InChI=1S/C23H24N4O.3H2/c1-23(15-24,13-16-5-3-8-19(11-16)28-2)18-7-4-6-17(12-18)20-9-10-25-22-21(20)14-26-27-22;;;/h3-12,14H,13,15,24H2,1-2H3,(H,25,26,27);3*1H. The van der Waals surface area contributed by atoms with Crippen molar-refractivity contribution in [3.05, 3.63) is 78.1 Å². The molecule has 4 rings (SSSR count). The molecule has 28 heavy (non-hydrogen) atoms. The summed E-state index contributed by atoms with van der Waals surface area (Å²) in [6.07, 6.45) is 4.46. The van der Waals surface area contributed by atoms with Gasteiger partial charge in [0.15, 0.2) is 5.65 Å². The minimum atomic E-state index is -0.190. The van der Waals surface area contributed by atoms with Crippen LogP contribution in [0.15, 0.2) is 67.0 Å². The molecule has 0 bridgehead atoms. The number of benzene rings is 2. The Morgan fingerprint density at radius 1 is 1.14 bits per heavy atom. The van der Waals surface area contributed by atoms with Crippen molar-refractivity contribution < 1.29 is 9.02 Å². The average molecular weight is 379 g/mol. The van der Waals surface area contributed by atoms with E-state index in [0.29, 0.717) is 6.54 Å². The molecular weight excluding hydrogens is 348 g/mol. The lowest BCUT2D eigenvalue weighted by Crippen LogP contribution is -2.34. The van der Waals surface area contributed by atoms with Crippen LogP contribution in [0.3, 0.4) is 0 Å². The Morgan fingerprint density at radius 2 is 2.00 bits per heavy atom. The van der Waals surface area contributed by atoms with Gasteiger partial charge in [-0.15, -0.1) is 0 Å². The van der Waals surface area contributed by atoms with E-state index in [4.69, 9.17) is 10.5 Å². The van der Waals surface area contributed by atoms with Crippen LogP contribution in [0.1, 0.15) is 22.3 Å². The molecular formula is C23H30N4O. The minimum Gasteiger partial charge on any atom is -0.497 e. The number of rotatable bonds is 6. The maximum Gasteiger partial charge on any atom is 0.155 e. The Labute approximate surface area is 169 Å². The molecule has 0 radical (unpaired) electrons. The summed E-state index contributed by atoms with van der Waals surface area (Å²) in [5.41, 5.74) is 11.5. The number of pyridine rings is 1. The van der Waals surface area contributed by atoms with Gasteiger partial charge >= 0.3 is 0 Å². The van der Waals surface area contributed by atoms with E-state index in [9.17, 15) is 0 Å². The molecule has 0 aliphatic carbocycles. The van der Waals surface area contributed by atoms with Gasteiger partial charge in [-0.2, -0.15) is 5.10 Å². The van der Waals surface area contributed by atoms with Crippen LogP contribution in [0.25, 0.3) is 22.2 Å². The molecule has 0 amide bonds. The van der Waals surface area contributed by atoms with E-state index < -0.39 is 0 Å². The molecule has 1 atom stereocenters. The zero-order valence-corrected chi connectivity index (χ0v) is 16.1. The van der Waals surface area contributed by atoms with Crippen LogP contribution in [0, 0.1) is 0 Å². The fourth-order valence-corrected chi connectivity index (χ4v) is 3.69. The molecule has 4 aromatic rings. The largest absolute Gasteiger partial charge is 0.497 e. The molecule has 3 N–H and O–H groups in total. The van der Waals surface area contributed by atoms with Crippen molar-refractivity contribution >= 4 is 11.0 Å². The van der Waals surface area contributed by atoms with Crippen LogP contribution in [0.2, 0.25) is 0 Å². The zero-order chi connectivity index (χ0) is 19.6. The van der Waals surface area contributed by atoms with Crippen molar-refractivity contribution in [1.82, 2.24) is 15.2 Å². The summed E-state index contributed by atoms with van der Waals surface area (Å²) in [6, 6.07) is 18.8. The van der Waals surface area contributed by atoms with E-state index in [1.165, 1.54) is 11.1 Å². The highest BCUT2D eigenvalue weighted by Crippen LogP contribution is 2.33. The summed E-state index contributed by atoms with van der Waals surface area (Å²) in [5, 5.41) is 8.08. The van der Waals surface area contributed by atoms with Crippen molar-refractivity contribution in [2.24, 2.45) is 5.73 Å². The monoisotopic (exact) mass is 378 g/mol. The Bertz CT molecular complexity index is 1120. The zero-order valence-electron chi connectivity index (χ0n) is 16.1. The third-order valence-corrected chi connectivity index (χ3v) is 5.40.